The van der Waals surface area contributed by atoms with E-state index in [0.29, 0.717) is 13.2 Å². The highest BCUT2D eigenvalue weighted by atomic mass is 35.5. The van der Waals surface area contributed by atoms with Gasteiger partial charge in [0.1, 0.15) is 11.6 Å². The SMILES string of the molecule is Cc1nccc(NC2COCC2Cl)n1. The van der Waals surface area contributed by atoms with Crippen molar-refractivity contribution >= 4 is 17.4 Å². The maximum Gasteiger partial charge on any atom is 0.129 e. The predicted octanol–water partition coefficient (Wildman–Crippen LogP) is 1.20. The fraction of sp³-hybridized carbons (Fsp3) is 0.556. The van der Waals surface area contributed by atoms with Gasteiger partial charge in [0.2, 0.25) is 0 Å². The normalized spacial score (nSPS) is 26.4. The average molecular weight is 214 g/mol. The van der Waals surface area contributed by atoms with Gasteiger partial charge in [-0.05, 0) is 13.0 Å². The number of aryl methyl sites for hydroxylation is 1. The molecule has 1 saturated heterocycles. The van der Waals surface area contributed by atoms with Crippen molar-refractivity contribution in [1.82, 2.24) is 9.97 Å². The molecule has 0 radical (unpaired) electrons. The Morgan fingerprint density at radius 1 is 1.57 bits per heavy atom. The molecule has 1 aromatic heterocycles. The maximum atomic E-state index is 6.04. The van der Waals surface area contributed by atoms with Crippen molar-refractivity contribution < 1.29 is 4.74 Å². The third-order valence-electron chi connectivity index (χ3n) is 2.12. The zero-order valence-corrected chi connectivity index (χ0v) is 8.66. The highest BCUT2D eigenvalue weighted by Gasteiger charge is 2.26. The van der Waals surface area contributed by atoms with Crippen LogP contribution < -0.4 is 5.32 Å². The molecule has 0 spiro atoms. The van der Waals surface area contributed by atoms with Crippen LogP contribution in [-0.4, -0.2) is 34.6 Å². The molecule has 5 heteroatoms. The van der Waals surface area contributed by atoms with E-state index in [0.717, 1.165) is 11.6 Å². The Bertz CT molecular complexity index is 321. The highest BCUT2D eigenvalue weighted by Crippen LogP contribution is 2.16. The van der Waals surface area contributed by atoms with Gasteiger partial charge in [-0.3, -0.25) is 0 Å². The molecule has 76 valence electrons. The summed E-state index contributed by atoms with van der Waals surface area (Å²) < 4.78 is 5.23. The van der Waals surface area contributed by atoms with Gasteiger partial charge >= 0.3 is 0 Å². The minimum atomic E-state index is 0.0188. The van der Waals surface area contributed by atoms with Gasteiger partial charge in [0, 0.05) is 6.20 Å². The molecule has 2 heterocycles. The van der Waals surface area contributed by atoms with Crippen LogP contribution in [0.3, 0.4) is 0 Å². The van der Waals surface area contributed by atoms with Gasteiger partial charge in [-0.25, -0.2) is 9.97 Å². The molecule has 2 atom stereocenters. The number of ether oxygens (including phenoxy) is 1. The van der Waals surface area contributed by atoms with E-state index in [2.05, 4.69) is 15.3 Å². The number of nitrogens with zero attached hydrogens (tertiary/aromatic N) is 2. The fourth-order valence-corrected chi connectivity index (χ4v) is 1.61. The molecule has 2 rings (SSSR count). The summed E-state index contributed by atoms with van der Waals surface area (Å²) in [5, 5.41) is 3.24. The number of hydrogen-bond acceptors (Lipinski definition) is 4. The minimum Gasteiger partial charge on any atom is -0.378 e. The molecule has 1 aromatic rings. The summed E-state index contributed by atoms with van der Waals surface area (Å²) in [7, 11) is 0. The summed E-state index contributed by atoms with van der Waals surface area (Å²) in [6.07, 6.45) is 1.73. The van der Waals surface area contributed by atoms with E-state index in [1.54, 1.807) is 6.20 Å². The molecular formula is C9H12ClN3O. The van der Waals surface area contributed by atoms with E-state index in [9.17, 15) is 0 Å². The lowest BCUT2D eigenvalue weighted by Gasteiger charge is -2.14. The van der Waals surface area contributed by atoms with Crippen LogP contribution in [0.2, 0.25) is 0 Å². The highest BCUT2D eigenvalue weighted by molar-refractivity contribution is 6.21. The lowest BCUT2D eigenvalue weighted by Crippen LogP contribution is -2.28. The lowest BCUT2D eigenvalue weighted by atomic mass is 10.2. The molecule has 1 aliphatic heterocycles. The summed E-state index contributed by atoms with van der Waals surface area (Å²) in [4.78, 5) is 8.25. The molecule has 0 amide bonds. The molecule has 0 aliphatic carbocycles. The van der Waals surface area contributed by atoms with Gasteiger partial charge < -0.3 is 10.1 Å². The van der Waals surface area contributed by atoms with Crippen LogP contribution in [-0.2, 0) is 4.74 Å². The third-order valence-corrected chi connectivity index (χ3v) is 2.55. The van der Waals surface area contributed by atoms with Gasteiger partial charge in [-0.1, -0.05) is 0 Å². The van der Waals surface area contributed by atoms with E-state index in [4.69, 9.17) is 16.3 Å². The van der Waals surface area contributed by atoms with Gasteiger partial charge in [0.15, 0.2) is 0 Å². The van der Waals surface area contributed by atoms with Crippen molar-refractivity contribution in [1.29, 1.82) is 0 Å². The molecule has 1 N–H and O–H groups in total. The largest absolute Gasteiger partial charge is 0.378 e. The summed E-state index contributed by atoms with van der Waals surface area (Å²) in [6, 6.07) is 1.97. The zero-order valence-electron chi connectivity index (χ0n) is 7.90. The Morgan fingerprint density at radius 3 is 3.07 bits per heavy atom. The second-order valence-electron chi connectivity index (χ2n) is 3.29. The van der Waals surface area contributed by atoms with Gasteiger partial charge in [0.25, 0.3) is 0 Å². The van der Waals surface area contributed by atoms with Crippen LogP contribution in [0.5, 0.6) is 0 Å². The molecule has 1 aliphatic rings. The van der Waals surface area contributed by atoms with E-state index in [1.807, 2.05) is 13.0 Å². The van der Waals surface area contributed by atoms with E-state index >= 15 is 0 Å². The van der Waals surface area contributed by atoms with Gasteiger partial charge in [-0.15, -0.1) is 11.6 Å². The van der Waals surface area contributed by atoms with Crippen LogP contribution in [0.15, 0.2) is 12.3 Å². The summed E-state index contributed by atoms with van der Waals surface area (Å²) in [5.41, 5.74) is 0. The average Bonchev–Trinajstić information content (AvgIpc) is 2.52. The third kappa shape index (κ3) is 2.13. The summed E-state index contributed by atoms with van der Waals surface area (Å²) in [5.74, 6) is 1.55. The van der Waals surface area contributed by atoms with Gasteiger partial charge in [-0.2, -0.15) is 0 Å². The van der Waals surface area contributed by atoms with Crippen LogP contribution >= 0.6 is 11.6 Å². The smallest absolute Gasteiger partial charge is 0.129 e. The summed E-state index contributed by atoms with van der Waals surface area (Å²) in [6.45, 7) is 3.09. The quantitative estimate of drug-likeness (QED) is 0.751. The zero-order chi connectivity index (χ0) is 9.97. The number of aromatic nitrogens is 2. The Morgan fingerprint density at radius 2 is 2.43 bits per heavy atom. The molecule has 4 nitrogen and oxygen atoms in total. The maximum absolute atomic E-state index is 6.04. The standard InChI is InChI=1S/C9H12ClN3O/c1-6-11-3-2-9(12-6)13-8-5-14-4-7(8)10/h2-3,7-8H,4-5H2,1H3,(H,11,12,13). The van der Waals surface area contributed by atoms with E-state index in [-0.39, 0.29) is 11.4 Å². The van der Waals surface area contributed by atoms with Crippen molar-refractivity contribution in [3.63, 3.8) is 0 Å². The molecule has 0 bridgehead atoms. The van der Waals surface area contributed by atoms with Gasteiger partial charge in [0.05, 0.1) is 24.6 Å². The molecule has 0 saturated carbocycles. The first-order valence-corrected chi connectivity index (χ1v) is 4.97. The monoisotopic (exact) mass is 213 g/mol. The second-order valence-corrected chi connectivity index (χ2v) is 3.85. The Labute approximate surface area is 87.7 Å². The first kappa shape index (κ1) is 9.68. The molecule has 14 heavy (non-hydrogen) atoms. The van der Waals surface area contributed by atoms with Crippen molar-refractivity contribution in [3.05, 3.63) is 18.1 Å². The molecule has 1 fully saturated rings. The Balaban J connectivity index is 2.03. The van der Waals surface area contributed by atoms with Crippen molar-refractivity contribution in [2.24, 2.45) is 0 Å². The van der Waals surface area contributed by atoms with Crippen molar-refractivity contribution in [2.45, 2.75) is 18.3 Å². The van der Waals surface area contributed by atoms with Crippen molar-refractivity contribution in [3.8, 4) is 0 Å². The van der Waals surface area contributed by atoms with Crippen LogP contribution in [0, 0.1) is 6.92 Å². The van der Waals surface area contributed by atoms with Crippen LogP contribution in [0.1, 0.15) is 5.82 Å². The number of halogens is 1. The fourth-order valence-electron chi connectivity index (χ4n) is 1.39. The van der Waals surface area contributed by atoms with Crippen LogP contribution in [0.4, 0.5) is 5.82 Å². The number of hydrogen-bond donors (Lipinski definition) is 1. The molecule has 2 unspecified atom stereocenters. The predicted molar refractivity (Wildman–Crippen MR) is 54.6 cm³/mol. The van der Waals surface area contributed by atoms with Crippen molar-refractivity contribution in [2.75, 3.05) is 18.5 Å². The first-order chi connectivity index (χ1) is 6.75. The van der Waals surface area contributed by atoms with Crippen LogP contribution in [0.25, 0.3) is 0 Å². The first-order valence-electron chi connectivity index (χ1n) is 4.54. The van der Waals surface area contributed by atoms with E-state index in [1.165, 1.54) is 0 Å². The lowest BCUT2D eigenvalue weighted by molar-refractivity contribution is 0.196. The Hall–Kier alpha value is -0.870. The minimum absolute atomic E-state index is 0.0188. The molecule has 0 aromatic carbocycles. The number of anilines is 1. The summed E-state index contributed by atoms with van der Waals surface area (Å²) >= 11 is 6.04. The van der Waals surface area contributed by atoms with E-state index < -0.39 is 0 Å². The number of rotatable bonds is 2. The number of nitrogens with one attached hydrogen (secondary N) is 1. The second kappa shape index (κ2) is 4.11. The molecular weight excluding hydrogens is 202 g/mol. The topological polar surface area (TPSA) is 47.0 Å². The number of alkyl halides is 1. The Kier molecular flexibility index (Phi) is 2.84.